The zero-order valence-corrected chi connectivity index (χ0v) is 12.4. The molecule has 0 bridgehead atoms. The van der Waals surface area contributed by atoms with Gasteiger partial charge in [-0.2, -0.15) is 0 Å². The van der Waals surface area contributed by atoms with Gasteiger partial charge in [-0.15, -0.1) is 0 Å². The fourth-order valence-electron chi connectivity index (χ4n) is 2.27. The fraction of sp³-hybridized carbons (Fsp3) is 0.467. The van der Waals surface area contributed by atoms with E-state index < -0.39 is 9.84 Å². The third kappa shape index (κ3) is 3.67. The monoisotopic (exact) mass is 279 g/mol. The Kier molecular flexibility index (Phi) is 4.11. The van der Waals surface area contributed by atoms with Crippen molar-refractivity contribution < 1.29 is 8.42 Å². The lowest BCUT2D eigenvalue weighted by Gasteiger charge is -2.18. The standard InChI is InChI=1S/C15H21NO2S/c1-11(2)13-4-6-14(7-5-13)12(3)16-15-8-9-19(17,18)10-15/h4-9,11-12,15-16H,10H2,1-3H3. The fourth-order valence-corrected chi connectivity index (χ4v) is 3.51. The number of sulfone groups is 1. The highest BCUT2D eigenvalue weighted by Crippen LogP contribution is 2.20. The normalized spacial score (nSPS) is 22.8. The first-order valence-electron chi connectivity index (χ1n) is 6.64. The van der Waals surface area contributed by atoms with Crippen LogP contribution in [0.4, 0.5) is 0 Å². The van der Waals surface area contributed by atoms with E-state index in [9.17, 15) is 8.42 Å². The molecule has 0 aromatic heterocycles. The average Bonchev–Trinajstić information content (AvgIpc) is 2.68. The summed E-state index contributed by atoms with van der Waals surface area (Å²) in [5.41, 5.74) is 2.50. The maximum absolute atomic E-state index is 11.4. The molecule has 0 saturated carbocycles. The molecular weight excluding hydrogens is 258 g/mol. The van der Waals surface area contributed by atoms with Crippen LogP contribution in [0.3, 0.4) is 0 Å². The van der Waals surface area contributed by atoms with E-state index in [-0.39, 0.29) is 17.8 Å². The average molecular weight is 279 g/mol. The van der Waals surface area contributed by atoms with Crippen LogP contribution in [-0.4, -0.2) is 20.2 Å². The highest BCUT2D eigenvalue weighted by molar-refractivity contribution is 7.94. The van der Waals surface area contributed by atoms with Gasteiger partial charge >= 0.3 is 0 Å². The van der Waals surface area contributed by atoms with Crippen LogP contribution in [0.25, 0.3) is 0 Å². The van der Waals surface area contributed by atoms with Gasteiger partial charge in [0.1, 0.15) is 0 Å². The van der Waals surface area contributed by atoms with Gasteiger partial charge in [-0.25, -0.2) is 8.42 Å². The van der Waals surface area contributed by atoms with Crippen molar-refractivity contribution in [3.05, 3.63) is 46.9 Å². The minimum atomic E-state index is -2.98. The minimum absolute atomic E-state index is 0.0789. The Morgan fingerprint density at radius 2 is 1.68 bits per heavy atom. The Morgan fingerprint density at radius 3 is 2.16 bits per heavy atom. The van der Waals surface area contributed by atoms with Gasteiger partial charge in [0.2, 0.25) is 0 Å². The Morgan fingerprint density at radius 1 is 1.11 bits per heavy atom. The molecule has 2 rings (SSSR count). The number of hydrogen-bond donors (Lipinski definition) is 1. The molecule has 1 aromatic carbocycles. The van der Waals surface area contributed by atoms with E-state index in [0.717, 1.165) is 0 Å². The molecule has 19 heavy (non-hydrogen) atoms. The van der Waals surface area contributed by atoms with E-state index in [1.807, 2.05) is 0 Å². The Balaban J connectivity index is 2.01. The third-order valence-corrected chi connectivity index (χ3v) is 4.89. The Bertz CT molecular complexity index is 558. The molecule has 104 valence electrons. The summed E-state index contributed by atoms with van der Waals surface area (Å²) < 4.78 is 22.7. The van der Waals surface area contributed by atoms with Crippen molar-refractivity contribution in [3.8, 4) is 0 Å². The van der Waals surface area contributed by atoms with Crippen LogP contribution in [0.5, 0.6) is 0 Å². The molecule has 1 heterocycles. The molecule has 0 amide bonds. The molecule has 0 saturated heterocycles. The summed E-state index contributed by atoms with van der Waals surface area (Å²) in [5, 5.41) is 4.64. The number of nitrogens with one attached hydrogen (secondary N) is 1. The van der Waals surface area contributed by atoms with E-state index >= 15 is 0 Å². The van der Waals surface area contributed by atoms with Crippen LogP contribution in [0.2, 0.25) is 0 Å². The molecule has 1 N–H and O–H groups in total. The topological polar surface area (TPSA) is 46.2 Å². The minimum Gasteiger partial charge on any atom is -0.303 e. The van der Waals surface area contributed by atoms with Gasteiger partial charge in [0, 0.05) is 17.5 Å². The summed E-state index contributed by atoms with van der Waals surface area (Å²) in [5.74, 6) is 0.696. The van der Waals surface area contributed by atoms with Crippen LogP contribution in [-0.2, 0) is 9.84 Å². The van der Waals surface area contributed by atoms with E-state index in [0.29, 0.717) is 5.92 Å². The maximum Gasteiger partial charge on any atom is 0.173 e. The van der Waals surface area contributed by atoms with Gasteiger partial charge in [0.25, 0.3) is 0 Å². The molecular formula is C15H21NO2S. The van der Waals surface area contributed by atoms with Gasteiger partial charge in [0.05, 0.1) is 5.75 Å². The summed E-state index contributed by atoms with van der Waals surface area (Å²) in [7, 11) is -2.98. The molecule has 0 fully saturated rings. The Labute approximate surface area is 115 Å². The first-order chi connectivity index (χ1) is 8.87. The van der Waals surface area contributed by atoms with Crippen molar-refractivity contribution >= 4 is 9.84 Å². The highest BCUT2D eigenvalue weighted by Gasteiger charge is 2.22. The van der Waals surface area contributed by atoms with Crippen molar-refractivity contribution in [1.82, 2.24) is 5.32 Å². The van der Waals surface area contributed by atoms with E-state index in [1.54, 1.807) is 6.08 Å². The van der Waals surface area contributed by atoms with Crippen molar-refractivity contribution in [2.75, 3.05) is 5.75 Å². The van der Waals surface area contributed by atoms with Crippen molar-refractivity contribution in [3.63, 3.8) is 0 Å². The summed E-state index contributed by atoms with van der Waals surface area (Å²) in [6.45, 7) is 6.40. The highest BCUT2D eigenvalue weighted by atomic mass is 32.2. The van der Waals surface area contributed by atoms with Gasteiger partial charge in [0.15, 0.2) is 9.84 Å². The van der Waals surface area contributed by atoms with Gasteiger partial charge in [-0.3, -0.25) is 0 Å². The van der Waals surface area contributed by atoms with Crippen LogP contribution < -0.4 is 5.32 Å². The summed E-state index contributed by atoms with van der Waals surface area (Å²) in [4.78, 5) is 0. The van der Waals surface area contributed by atoms with Crippen LogP contribution in [0.15, 0.2) is 35.7 Å². The SMILES string of the molecule is CC(C)c1ccc(C(C)NC2C=CS(=O)(=O)C2)cc1. The van der Waals surface area contributed by atoms with Gasteiger partial charge < -0.3 is 5.32 Å². The smallest absolute Gasteiger partial charge is 0.173 e. The molecule has 1 aromatic rings. The lowest BCUT2D eigenvalue weighted by atomic mass is 9.99. The van der Waals surface area contributed by atoms with Crippen molar-refractivity contribution in [2.45, 2.75) is 38.8 Å². The van der Waals surface area contributed by atoms with E-state index in [2.05, 4.69) is 50.4 Å². The van der Waals surface area contributed by atoms with Crippen LogP contribution in [0.1, 0.15) is 43.9 Å². The number of hydrogen-bond acceptors (Lipinski definition) is 3. The molecule has 2 atom stereocenters. The number of rotatable bonds is 4. The molecule has 3 nitrogen and oxygen atoms in total. The lowest BCUT2D eigenvalue weighted by molar-refractivity contribution is 0.535. The van der Waals surface area contributed by atoms with Crippen LogP contribution in [0, 0.1) is 0 Å². The third-order valence-electron chi connectivity index (χ3n) is 3.50. The summed E-state index contributed by atoms with van der Waals surface area (Å²) in [6.07, 6.45) is 1.73. The van der Waals surface area contributed by atoms with Gasteiger partial charge in [-0.05, 0) is 24.0 Å². The van der Waals surface area contributed by atoms with E-state index in [1.165, 1.54) is 16.5 Å². The van der Waals surface area contributed by atoms with Crippen LogP contribution >= 0.6 is 0 Å². The second-order valence-corrected chi connectivity index (χ2v) is 7.41. The zero-order valence-electron chi connectivity index (χ0n) is 11.6. The first-order valence-corrected chi connectivity index (χ1v) is 8.36. The maximum atomic E-state index is 11.4. The predicted octanol–water partition coefficient (Wildman–Crippen LogP) is 2.77. The molecule has 0 spiro atoms. The first kappa shape index (κ1) is 14.3. The van der Waals surface area contributed by atoms with E-state index in [4.69, 9.17) is 0 Å². The molecule has 0 aliphatic carbocycles. The molecule has 1 aliphatic heterocycles. The largest absolute Gasteiger partial charge is 0.303 e. The lowest BCUT2D eigenvalue weighted by Crippen LogP contribution is -2.32. The molecule has 0 radical (unpaired) electrons. The predicted molar refractivity (Wildman–Crippen MR) is 78.8 cm³/mol. The second-order valence-electron chi connectivity index (χ2n) is 5.47. The van der Waals surface area contributed by atoms with Crippen molar-refractivity contribution in [1.29, 1.82) is 0 Å². The van der Waals surface area contributed by atoms with Crippen molar-refractivity contribution in [2.24, 2.45) is 0 Å². The molecule has 4 heteroatoms. The summed E-state index contributed by atoms with van der Waals surface area (Å²) in [6, 6.07) is 8.56. The quantitative estimate of drug-likeness (QED) is 0.922. The molecule has 2 unspecified atom stereocenters. The Hall–Kier alpha value is -1.13. The molecule has 1 aliphatic rings. The summed E-state index contributed by atoms with van der Waals surface area (Å²) >= 11 is 0. The number of benzene rings is 1. The zero-order chi connectivity index (χ0) is 14.0. The second kappa shape index (κ2) is 5.47. The van der Waals surface area contributed by atoms with Gasteiger partial charge in [-0.1, -0.05) is 44.2 Å².